The number of rotatable bonds is 5. The van der Waals surface area contributed by atoms with E-state index in [0.29, 0.717) is 6.54 Å². The van der Waals surface area contributed by atoms with Crippen molar-refractivity contribution >= 4 is 5.91 Å². The van der Waals surface area contributed by atoms with Gasteiger partial charge in [0.1, 0.15) is 5.82 Å². The number of para-hydroxylation sites is 1. The van der Waals surface area contributed by atoms with Gasteiger partial charge in [-0.25, -0.2) is 4.98 Å². The van der Waals surface area contributed by atoms with E-state index in [2.05, 4.69) is 39.1 Å². The van der Waals surface area contributed by atoms with Crippen LogP contribution in [-0.4, -0.2) is 15.5 Å². The molecule has 3 aromatic rings. The number of aryl methyl sites for hydroxylation is 1. The van der Waals surface area contributed by atoms with Crippen LogP contribution < -0.4 is 5.32 Å². The first-order chi connectivity index (χ1) is 13.2. The summed E-state index contributed by atoms with van der Waals surface area (Å²) in [5.41, 5.74) is 2.90. The van der Waals surface area contributed by atoms with E-state index in [0.717, 1.165) is 48.3 Å². The molecule has 27 heavy (non-hydrogen) atoms. The molecule has 0 saturated heterocycles. The molecule has 4 heteroatoms. The lowest BCUT2D eigenvalue weighted by Crippen LogP contribution is -2.42. The van der Waals surface area contributed by atoms with Crippen LogP contribution in [0.5, 0.6) is 0 Å². The average molecular weight is 359 g/mol. The molecule has 0 aliphatic heterocycles. The molecule has 1 aliphatic rings. The quantitative estimate of drug-likeness (QED) is 0.738. The zero-order chi connectivity index (χ0) is 18.7. The molecule has 1 amide bonds. The second-order valence-electron chi connectivity index (χ2n) is 7.31. The fourth-order valence-corrected chi connectivity index (χ4v) is 4.26. The Morgan fingerprint density at radius 1 is 1.07 bits per heavy atom. The smallest absolute Gasteiger partial charge is 0.230 e. The van der Waals surface area contributed by atoms with Crippen LogP contribution in [0.3, 0.4) is 0 Å². The van der Waals surface area contributed by atoms with Crippen LogP contribution in [0.4, 0.5) is 0 Å². The van der Waals surface area contributed by atoms with Crippen LogP contribution in [0, 0.1) is 6.92 Å². The maximum atomic E-state index is 13.3. The Bertz CT molecular complexity index is 924. The third kappa shape index (κ3) is 3.27. The van der Waals surface area contributed by atoms with E-state index in [-0.39, 0.29) is 11.3 Å². The van der Waals surface area contributed by atoms with Gasteiger partial charge < -0.3 is 9.88 Å². The van der Waals surface area contributed by atoms with Crippen molar-refractivity contribution in [3.05, 3.63) is 83.9 Å². The summed E-state index contributed by atoms with van der Waals surface area (Å²) in [6, 6.07) is 18.4. The van der Waals surface area contributed by atoms with Crippen LogP contribution >= 0.6 is 0 Å². The first kappa shape index (κ1) is 17.5. The van der Waals surface area contributed by atoms with Gasteiger partial charge >= 0.3 is 0 Å². The van der Waals surface area contributed by atoms with Crippen molar-refractivity contribution in [2.45, 2.75) is 44.6 Å². The molecule has 0 radical (unpaired) electrons. The SMILES string of the molecule is Cc1nccn1-c1ccccc1CNC(=O)C1(c2ccccc2)CCCC1. The van der Waals surface area contributed by atoms with Crippen molar-refractivity contribution in [2.24, 2.45) is 0 Å². The molecular weight excluding hydrogens is 334 g/mol. The first-order valence-electron chi connectivity index (χ1n) is 9.63. The van der Waals surface area contributed by atoms with E-state index in [1.54, 1.807) is 6.20 Å². The second-order valence-corrected chi connectivity index (χ2v) is 7.31. The van der Waals surface area contributed by atoms with Crippen LogP contribution in [0.25, 0.3) is 5.69 Å². The molecule has 2 aromatic carbocycles. The van der Waals surface area contributed by atoms with Gasteiger partial charge in [0.05, 0.1) is 11.1 Å². The Labute approximate surface area is 160 Å². The molecule has 0 unspecified atom stereocenters. The van der Waals surface area contributed by atoms with Gasteiger partial charge in [0.25, 0.3) is 0 Å². The standard InChI is InChI=1S/C23H25N3O/c1-18-24-15-16-26(18)21-12-6-5-9-19(21)17-25-22(27)23(13-7-8-14-23)20-10-3-2-4-11-20/h2-6,9-12,15-16H,7-8,13-14,17H2,1H3,(H,25,27). The van der Waals surface area contributed by atoms with Crippen LogP contribution in [0.2, 0.25) is 0 Å². The monoisotopic (exact) mass is 359 g/mol. The third-order valence-electron chi connectivity index (χ3n) is 5.73. The summed E-state index contributed by atoms with van der Waals surface area (Å²) in [4.78, 5) is 17.6. The fourth-order valence-electron chi connectivity index (χ4n) is 4.26. The number of nitrogens with one attached hydrogen (secondary N) is 1. The van der Waals surface area contributed by atoms with Gasteiger partial charge in [0.2, 0.25) is 5.91 Å². The zero-order valence-corrected chi connectivity index (χ0v) is 15.7. The number of hydrogen-bond acceptors (Lipinski definition) is 2. The minimum Gasteiger partial charge on any atom is -0.351 e. The molecule has 0 spiro atoms. The van der Waals surface area contributed by atoms with Crippen molar-refractivity contribution in [1.82, 2.24) is 14.9 Å². The summed E-state index contributed by atoms with van der Waals surface area (Å²) in [5.74, 6) is 1.08. The zero-order valence-electron chi connectivity index (χ0n) is 15.7. The number of imidazole rings is 1. The minimum absolute atomic E-state index is 0.142. The normalized spacial score (nSPS) is 15.6. The molecule has 4 rings (SSSR count). The molecule has 0 bridgehead atoms. The van der Waals surface area contributed by atoms with E-state index in [4.69, 9.17) is 0 Å². The first-order valence-corrected chi connectivity index (χ1v) is 9.63. The number of carbonyl (C=O) groups excluding carboxylic acids is 1. The molecule has 1 N–H and O–H groups in total. The highest BCUT2D eigenvalue weighted by Gasteiger charge is 2.42. The predicted octanol–water partition coefficient (Wildman–Crippen LogP) is 4.31. The van der Waals surface area contributed by atoms with Crippen molar-refractivity contribution in [3.8, 4) is 5.69 Å². The maximum absolute atomic E-state index is 13.3. The van der Waals surface area contributed by atoms with Gasteiger partial charge in [-0.1, -0.05) is 61.4 Å². The molecular formula is C23H25N3O. The van der Waals surface area contributed by atoms with Crippen molar-refractivity contribution in [3.63, 3.8) is 0 Å². The summed E-state index contributed by atoms with van der Waals surface area (Å²) in [5, 5.41) is 3.23. The Hall–Kier alpha value is -2.88. The fraction of sp³-hybridized carbons (Fsp3) is 0.304. The number of amides is 1. The van der Waals surface area contributed by atoms with Crippen molar-refractivity contribution < 1.29 is 4.79 Å². The van der Waals surface area contributed by atoms with Crippen LogP contribution in [0.1, 0.15) is 42.6 Å². The number of aromatic nitrogens is 2. The molecule has 1 heterocycles. The molecule has 138 valence electrons. The van der Waals surface area contributed by atoms with E-state index in [1.807, 2.05) is 43.5 Å². The van der Waals surface area contributed by atoms with E-state index in [9.17, 15) is 4.79 Å². The van der Waals surface area contributed by atoms with Crippen LogP contribution in [0.15, 0.2) is 67.0 Å². The summed E-state index contributed by atoms with van der Waals surface area (Å²) in [7, 11) is 0. The number of benzene rings is 2. The number of carbonyl (C=O) groups is 1. The van der Waals surface area contributed by atoms with Gasteiger partial charge in [-0.05, 0) is 37.0 Å². The Balaban J connectivity index is 1.57. The van der Waals surface area contributed by atoms with E-state index in [1.165, 1.54) is 0 Å². The van der Waals surface area contributed by atoms with Gasteiger partial charge in [0, 0.05) is 18.9 Å². The Morgan fingerprint density at radius 3 is 2.48 bits per heavy atom. The number of hydrogen-bond donors (Lipinski definition) is 1. The summed E-state index contributed by atoms with van der Waals surface area (Å²) in [6.07, 6.45) is 7.81. The average Bonchev–Trinajstić information content (AvgIpc) is 3.37. The lowest BCUT2D eigenvalue weighted by Gasteiger charge is -2.28. The summed E-state index contributed by atoms with van der Waals surface area (Å²) >= 11 is 0. The molecule has 0 atom stereocenters. The third-order valence-corrected chi connectivity index (χ3v) is 5.73. The predicted molar refractivity (Wildman–Crippen MR) is 107 cm³/mol. The maximum Gasteiger partial charge on any atom is 0.230 e. The lowest BCUT2D eigenvalue weighted by atomic mass is 9.78. The second kappa shape index (κ2) is 7.39. The highest BCUT2D eigenvalue weighted by atomic mass is 16.2. The van der Waals surface area contributed by atoms with Crippen molar-refractivity contribution in [2.75, 3.05) is 0 Å². The van der Waals surface area contributed by atoms with Gasteiger partial charge in [-0.2, -0.15) is 0 Å². The lowest BCUT2D eigenvalue weighted by molar-refractivity contribution is -0.126. The molecule has 1 aromatic heterocycles. The molecule has 1 saturated carbocycles. The summed E-state index contributed by atoms with van der Waals surface area (Å²) < 4.78 is 2.06. The molecule has 1 fully saturated rings. The Morgan fingerprint density at radius 2 is 1.78 bits per heavy atom. The van der Waals surface area contributed by atoms with E-state index >= 15 is 0 Å². The van der Waals surface area contributed by atoms with E-state index < -0.39 is 0 Å². The molecule has 1 aliphatic carbocycles. The van der Waals surface area contributed by atoms with Crippen molar-refractivity contribution in [1.29, 1.82) is 0 Å². The number of nitrogens with zero attached hydrogens (tertiary/aromatic N) is 2. The topological polar surface area (TPSA) is 46.9 Å². The van der Waals surface area contributed by atoms with Gasteiger partial charge in [-0.3, -0.25) is 4.79 Å². The minimum atomic E-state index is -0.388. The highest BCUT2D eigenvalue weighted by Crippen LogP contribution is 2.41. The summed E-state index contributed by atoms with van der Waals surface area (Å²) in [6.45, 7) is 2.50. The molecule has 4 nitrogen and oxygen atoms in total. The van der Waals surface area contributed by atoms with Crippen LogP contribution in [-0.2, 0) is 16.8 Å². The van der Waals surface area contributed by atoms with Gasteiger partial charge in [0.15, 0.2) is 0 Å². The van der Waals surface area contributed by atoms with Gasteiger partial charge in [-0.15, -0.1) is 0 Å². The highest BCUT2D eigenvalue weighted by molar-refractivity contribution is 5.88. The Kier molecular flexibility index (Phi) is 4.80. The largest absolute Gasteiger partial charge is 0.351 e.